The van der Waals surface area contributed by atoms with Gasteiger partial charge in [0.2, 0.25) is 11.8 Å². The van der Waals surface area contributed by atoms with Crippen molar-refractivity contribution in [3.05, 3.63) is 0 Å². The van der Waals surface area contributed by atoms with Crippen LogP contribution in [-0.2, 0) is 9.59 Å². The van der Waals surface area contributed by atoms with Crippen molar-refractivity contribution >= 4 is 11.8 Å². The summed E-state index contributed by atoms with van der Waals surface area (Å²) >= 11 is 0. The molecular weight excluding hydrogens is 182 g/mol. The summed E-state index contributed by atoms with van der Waals surface area (Å²) < 4.78 is 0. The smallest absolute Gasteiger partial charge is 0.243 e. The summed E-state index contributed by atoms with van der Waals surface area (Å²) in [7, 11) is 0. The Morgan fingerprint density at radius 3 is 2.86 bits per heavy atom. The maximum absolute atomic E-state index is 11.3. The van der Waals surface area contributed by atoms with Gasteiger partial charge in [-0.2, -0.15) is 0 Å². The Labute approximate surface area is 83.6 Å². The third-order valence-electron chi connectivity index (χ3n) is 2.62. The number of nitrogens with two attached hydrogens (primary N) is 1. The Morgan fingerprint density at radius 2 is 2.29 bits per heavy atom. The molecule has 80 valence electrons. The van der Waals surface area contributed by atoms with E-state index in [0.717, 1.165) is 6.42 Å². The minimum atomic E-state index is -0.241. The fourth-order valence-electron chi connectivity index (χ4n) is 1.68. The number of amides is 2. The molecule has 3 N–H and O–H groups in total. The standard InChI is InChI=1S/C9H17N3O2/c1-6(3-4-10)12-5-8(13)11-9(14)7(12)2/h6-7H,3-5,10H2,1-2H3,(H,11,13,14). The van der Waals surface area contributed by atoms with Crippen molar-refractivity contribution < 1.29 is 9.59 Å². The van der Waals surface area contributed by atoms with E-state index < -0.39 is 0 Å². The van der Waals surface area contributed by atoms with Crippen LogP contribution >= 0.6 is 0 Å². The number of nitrogens with zero attached hydrogens (tertiary/aromatic N) is 1. The van der Waals surface area contributed by atoms with Crippen molar-refractivity contribution in [1.82, 2.24) is 10.2 Å². The average Bonchev–Trinajstić information content (AvgIpc) is 2.11. The molecule has 1 saturated heterocycles. The molecule has 0 bridgehead atoms. The zero-order valence-corrected chi connectivity index (χ0v) is 8.62. The number of carbonyl (C=O) groups is 2. The summed E-state index contributed by atoms with van der Waals surface area (Å²) in [5.41, 5.74) is 5.44. The Bertz CT molecular complexity index is 242. The number of nitrogens with one attached hydrogen (secondary N) is 1. The van der Waals surface area contributed by atoms with Gasteiger partial charge in [-0.1, -0.05) is 0 Å². The molecule has 0 spiro atoms. The van der Waals surface area contributed by atoms with E-state index in [1.54, 1.807) is 6.92 Å². The first-order chi connectivity index (χ1) is 6.56. The van der Waals surface area contributed by atoms with Crippen LogP contribution in [0.15, 0.2) is 0 Å². The highest BCUT2D eigenvalue weighted by Crippen LogP contribution is 2.11. The molecule has 1 heterocycles. The number of piperazine rings is 1. The van der Waals surface area contributed by atoms with Crippen molar-refractivity contribution in [2.45, 2.75) is 32.4 Å². The number of rotatable bonds is 3. The molecule has 5 nitrogen and oxygen atoms in total. The predicted octanol–water partition coefficient (Wildman–Crippen LogP) is -0.929. The van der Waals surface area contributed by atoms with Crippen LogP contribution < -0.4 is 11.1 Å². The molecule has 1 aliphatic rings. The van der Waals surface area contributed by atoms with Crippen LogP contribution in [0.4, 0.5) is 0 Å². The van der Waals surface area contributed by atoms with Crippen molar-refractivity contribution in [2.75, 3.05) is 13.1 Å². The number of hydrogen-bond donors (Lipinski definition) is 2. The monoisotopic (exact) mass is 199 g/mol. The van der Waals surface area contributed by atoms with E-state index in [1.807, 2.05) is 11.8 Å². The van der Waals surface area contributed by atoms with Gasteiger partial charge in [0.1, 0.15) is 0 Å². The predicted molar refractivity (Wildman–Crippen MR) is 52.5 cm³/mol. The maximum Gasteiger partial charge on any atom is 0.243 e. The molecule has 5 heteroatoms. The van der Waals surface area contributed by atoms with Gasteiger partial charge < -0.3 is 5.73 Å². The molecule has 0 aromatic carbocycles. The van der Waals surface area contributed by atoms with Crippen LogP contribution in [0.3, 0.4) is 0 Å². The Hall–Kier alpha value is -0.940. The zero-order chi connectivity index (χ0) is 10.7. The Kier molecular flexibility index (Phi) is 3.60. The Morgan fingerprint density at radius 1 is 1.64 bits per heavy atom. The summed E-state index contributed by atoms with van der Waals surface area (Å²) in [6, 6.07) is -0.0701. The second kappa shape index (κ2) is 4.52. The largest absolute Gasteiger partial charge is 0.330 e. The lowest BCUT2D eigenvalue weighted by molar-refractivity contribution is -0.140. The van der Waals surface area contributed by atoms with E-state index in [2.05, 4.69) is 5.32 Å². The molecule has 2 unspecified atom stereocenters. The summed E-state index contributed by atoms with van der Waals surface area (Å²) in [4.78, 5) is 24.3. The summed E-state index contributed by atoms with van der Waals surface area (Å²) in [5.74, 6) is -0.443. The highest BCUT2D eigenvalue weighted by atomic mass is 16.2. The van der Waals surface area contributed by atoms with Crippen LogP contribution in [0.25, 0.3) is 0 Å². The fourth-order valence-corrected chi connectivity index (χ4v) is 1.68. The quantitative estimate of drug-likeness (QED) is 0.576. The van der Waals surface area contributed by atoms with Crippen molar-refractivity contribution in [1.29, 1.82) is 0 Å². The van der Waals surface area contributed by atoms with Gasteiger partial charge in [-0.3, -0.25) is 19.8 Å². The van der Waals surface area contributed by atoms with Gasteiger partial charge in [0, 0.05) is 6.04 Å². The first-order valence-corrected chi connectivity index (χ1v) is 4.85. The van der Waals surface area contributed by atoms with E-state index in [9.17, 15) is 9.59 Å². The molecule has 0 aromatic rings. The van der Waals surface area contributed by atoms with Crippen LogP contribution in [0, 0.1) is 0 Å². The van der Waals surface area contributed by atoms with Crippen molar-refractivity contribution in [2.24, 2.45) is 5.73 Å². The summed E-state index contributed by atoms with van der Waals surface area (Å²) in [6.07, 6.45) is 0.797. The molecule has 14 heavy (non-hydrogen) atoms. The first kappa shape index (κ1) is 11.1. The van der Waals surface area contributed by atoms with Gasteiger partial charge in [-0.25, -0.2) is 0 Å². The average molecular weight is 199 g/mol. The molecule has 1 rings (SSSR count). The summed E-state index contributed by atoms with van der Waals surface area (Å²) in [6.45, 7) is 4.64. The molecule has 0 aliphatic carbocycles. The lowest BCUT2D eigenvalue weighted by Crippen LogP contribution is -2.59. The normalized spacial score (nSPS) is 26.1. The van der Waals surface area contributed by atoms with Gasteiger partial charge in [-0.15, -0.1) is 0 Å². The number of hydrogen-bond acceptors (Lipinski definition) is 4. The third kappa shape index (κ3) is 2.30. The first-order valence-electron chi connectivity index (χ1n) is 4.85. The molecule has 0 aromatic heterocycles. The van der Waals surface area contributed by atoms with Gasteiger partial charge in [0.15, 0.2) is 0 Å². The molecule has 2 atom stereocenters. The zero-order valence-electron chi connectivity index (χ0n) is 8.62. The molecule has 1 aliphatic heterocycles. The molecule has 2 amide bonds. The van der Waals surface area contributed by atoms with Crippen molar-refractivity contribution in [3.63, 3.8) is 0 Å². The second-order valence-corrected chi connectivity index (χ2v) is 3.69. The lowest BCUT2D eigenvalue weighted by Gasteiger charge is -2.36. The maximum atomic E-state index is 11.3. The minimum Gasteiger partial charge on any atom is -0.330 e. The topological polar surface area (TPSA) is 75.4 Å². The van der Waals surface area contributed by atoms with Gasteiger partial charge >= 0.3 is 0 Å². The lowest BCUT2D eigenvalue weighted by atomic mass is 10.1. The van der Waals surface area contributed by atoms with E-state index >= 15 is 0 Å². The molecular formula is C9H17N3O2. The van der Waals surface area contributed by atoms with E-state index in [0.29, 0.717) is 6.54 Å². The SMILES string of the molecule is CC(CCN)N1CC(=O)NC(=O)C1C. The highest BCUT2D eigenvalue weighted by molar-refractivity contribution is 6.00. The van der Waals surface area contributed by atoms with Gasteiger partial charge in [0.05, 0.1) is 12.6 Å². The fraction of sp³-hybridized carbons (Fsp3) is 0.778. The minimum absolute atomic E-state index is 0.171. The van der Waals surface area contributed by atoms with Gasteiger partial charge in [0.25, 0.3) is 0 Å². The van der Waals surface area contributed by atoms with E-state index in [1.165, 1.54) is 0 Å². The molecule has 0 radical (unpaired) electrons. The van der Waals surface area contributed by atoms with E-state index in [-0.39, 0.29) is 30.4 Å². The Balaban J connectivity index is 2.65. The molecule has 1 fully saturated rings. The second-order valence-electron chi connectivity index (χ2n) is 3.69. The molecule has 0 saturated carbocycles. The van der Waals surface area contributed by atoms with Crippen LogP contribution in [0.5, 0.6) is 0 Å². The van der Waals surface area contributed by atoms with E-state index in [4.69, 9.17) is 5.73 Å². The van der Waals surface area contributed by atoms with Crippen LogP contribution in [-0.4, -0.2) is 41.9 Å². The summed E-state index contributed by atoms with van der Waals surface area (Å²) in [5, 5.41) is 2.31. The highest BCUT2D eigenvalue weighted by Gasteiger charge is 2.32. The van der Waals surface area contributed by atoms with Crippen LogP contribution in [0.2, 0.25) is 0 Å². The van der Waals surface area contributed by atoms with Crippen LogP contribution in [0.1, 0.15) is 20.3 Å². The number of carbonyl (C=O) groups excluding carboxylic acids is 2. The van der Waals surface area contributed by atoms with Gasteiger partial charge in [-0.05, 0) is 26.8 Å². The number of imide groups is 1. The van der Waals surface area contributed by atoms with Crippen molar-refractivity contribution in [3.8, 4) is 0 Å². The third-order valence-corrected chi connectivity index (χ3v) is 2.62.